The van der Waals surface area contributed by atoms with E-state index in [1.54, 1.807) is 18.2 Å². The zero-order valence-corrected chi connectivity index (χ0v) is 21.7. The van der Waals surface area contributed by atoms with Crippen molar-refractivity contribution in [3.63, 3.8) is 0 Å². The first-order chi connectivity index (χ1) is 14.9. The fourth-order valence-electron chi connectivity index (χ4n) is 3.29. The molecule has 162 valence electrons. The van der Waals surface area contributed by atoms with Gasteiger partial charge in [-0.2, -0.15) is 0 Å². The molecule has 1 saturated heterocycles. The van der Waals surface area contributed by atoms with Gasteiger partial charge in [-0.05, 0) is 70.8 Å². The Morgan fingerprint density at radius 3 is 2.58 bits per heavy atom. The number of carbonyl (C=O) groups excluding carboxylic acids is 1. The minimum atomic E-state index is -3.71. The van der Waals surface area contributed by atoms with Crippen LogP contribution in [0.15, 0.2) is 56.9 Å². The summed E-state index contributed by atoms with van der Waals surface area (Å²) in [7, 11) is -3.71. The smallest absolute Gasteiger partial charge is 0.332 e. The minimum absolute atomic E-state index is 0.284. The van der Waals surface area contributed by atoms with Crippen LogP contribution in [0.1, 0.15) is 23.2 Å². The van der Waals surface area contributed by atoms with Crippen LogP contribution in [0.4, 0.5) is 0 Å². The van der Waals surface area contributed by atoms with Crippen LogP contribution in [0.3, 0.4) is 0 Å². The van der Waals surface area contributed by atoms with Gasteiger partial charge in [-0.15, -0.1) is 11.3 Å². The molecule has 0 aliphatic carbocycles. The molecule has 1 unspecified atom stereocenters. The summed E-state index contributed by atoms with van der Waals surface area (Å²) in [6.07, 6.45) is 3.92. The molecule has 1 aliphatic rings. The first-order valence-corrected chi connectivity index (χ1v) is 13.8. The zero-order valence-electron chi connectivity index (χ0n) is 16.0. The molecule has 0 radical (unpaired) electrons. The van der Waals surface area contributed by atoms with E-state index < -0.39 is 19.2 Å². The monoisotopic (exact) mass is 603 g/mol. The van der Waals surface area contributed by atoms with Crippen LogP contribution in [0.2, 0.25) is 5.02 Å². The lowest BCUT2D eigenvalue weighted by Gasteiger charge is -2.29. The van der Waals surface area contributed by atoms with Gasteiger partial charge in [0.15, 0.2) is 5.66 Å². The van der Waals surface area contributed by atoms with Crippen molar-refractivity contribution in [2.75, 3.05) is 13.2 Å². The maximum absolute atomic E-state index is 13.6. The van der Waals surface area contributed by atoms with Gasteiger partial charge in [0.1, 0.15) is 0 Å². The third-order valence-corrected chi connectivity index (χ3v) is 9.00. The number of carbonyl (C=O) groups is 1. The minimum Gasteiger partial charge on any atom is -0.332 e. The van der Waals surface area contributed by atoms with E-state index in [1.807, 2.05) is 29.6 Å². The number of benzene rings is 2. The third-order valence-electron chi connectivity index (χ3n) is 4.64. The second kappa shape index (κ2) is 9.87. The van der Waals surface area contributed by atoms with Crippen molar-refractivity contribution in [3.05, 3.63) is 73.1 Å². The standard InChI is InChI=1S/C21H17Br2ClNO4PS/c22-14-8-13(9-15(23)10-14)4-5-25-21(26)20(30(27)28-6-1-7-29-30)18-12-31-19-3-2-16(24)11-17(18)19/h2-5,8-12,20H,1,6-7H2,(H,25,26)/b5-4+. The molecule has 1 N–H and O–H groups in total. The van der Waals surface area contributed by atoms with Gasteiger partial charge in [-0.1, -0.05) is 43.5 Å². The molecule has 2 heterocycles. The van der Waals surface area contributed by atoms with E-state index in [-0.39, 0.29) is 13.2 Å². The summed E-state index contributed by atoms with van der Waals surface area (Å²) in [4.78, 5) is 13.3. The van der Waals surface area contributed by atoms with Gasteiger partial charge in [0.25, 0.3) is 0 Å². The van der Waals surface area contributed by atoms with Crippen molar-refractivity contribution >= 4 is 84.5 Å². The lowest BCUT2D eigenvalue weighted by Crippen LogP contribution is -2.28. The maximum Gasteiger partial charge on any atom is 0.347 e. The summed E-state index contributed by atoms with van der Waals surface area (Å²) < 4.78 is 27.4. The molecule has 1 fully saturated rings. The molecule has 31 heavy (non-hydrogen) atoms. The Morgan fingerprint density at radius 2 is 1.87 bits per heavy atom. The lowest BCUT2D eigenvalue weighted by atomic mass is 10.1. The summed E-state index contributed by atoms with van der Waals surface area (Å²) in [6.45, 7) is 0.567. The highest BCUT2D eigenvalue weighted by molar-refractivity contribution is 9.11. The fraction of sp³-hybridized carbons (Fsp3) is 0.190. The second-order valence-corrected chi connectivity index (χ2v) is 12.1. The van der Waals surface area contributed by atoms with Gasteiger partial charge in [-0.3, -0.25) is 9.36 Å². The number of thiophene rings is 1. The number of hydrogen-bond donors (Lipinski definition) is 1. The van der Waals surface area contributed by atoms with Crippen molar-refractivity contribution < 1.29 is 18.4 Å². The van der Waals surface area contributed by atoms with Gasteiger partial charge < -0.3 is 14.4 Å². The predicted molar refractivity (Wildman–Crippen MR) is 133 cm³/mol. The summed E-state index contributed by atoms with van der Waals surface area (Å²) in [5, 5.41) is 5.88. The lowest BCUT2D eigenvalue weighted by molar-refractivity contribution is -0.120. The Kier molecular flexibility index (Phi) is 7.38. The highest BCUT2D eigenvalue weighted by Crippen LogP contribution is 2.63. The Balaban J connectivity index is 1.67. The van der Waals surface area contributed by atoms with Crippen molar-refractivity contribution in [1.82, 2.24) is 5.32 Å². The molecule has 5 nitrogen and oxygen atoms in total. The van der Waals surface area contributed by atoms with E-state index in [0.29, 0.717) is 17.0 Å². The molecule has 1 atom stereocenters. The van der Waals surface area contributed by atoms with E-state index >= 15 is 0 Å². The van der Waals surface area contributed by atoms with Crippen LogP contribution in [0, 0.1) is 0 Å². The third kappa shape index (κ3) is 5.33. The molecule has 1 aromatic heterocycles. The van der Waals surface area contributed by atoms with Crippen LogP contribution in [0.25, 0.3) is 16.2 Å². The number of hydrogen-bond acceptors (Lipinski definition) is 5. The van der Waals surface area contributed by atoms with Gasteiger partial charge in [-0.25, -0.2) is 0 Å². The summed E-state index contributed by atoms with van der Waals surface area (Å²) >= 11 is 14.5. The molecule has 4 rings (SSSR count). The van der Waals surface area contributed by atoms with Crippen LogP contribution in [-0.2, 0) is 18.4 Å². The van der Waals surface area contributed by atoms with E-state index in [0.717, 1.165) is 24.6 Å². The molecule has 1 aliphatic heterocycles. The molecular weight excluding hydrogens is 589 g/mol. The Bertz CT molecular complexity index is 1190. The van der Waals surface area contributed by atoms with Crippen LogP contribution < -0.4 is 5.32 Å². The number of nitrogens with one attached hydrogen (secondary N) is 1. The predicted octanol–water partition coefficient (Wildman–Crippen LogP) is 7.54. The van der Waals surface area contributed by atoms with Crippen molar-refractivity contribution in [1.29, 1.82) is 0 Å². The molecule has 2 aromatic carbocycles. The summed E-state index contributed by atoms with van der Waals surface area (Å²) in [6, 6.07) is 11.2. The first-order valence-electron chi connectivity index (χ1n) is 9.34. The fourth-order valence-corrected chi connectivity index (χ4v) is 7.91. The second-order valence-electron chi connectivity index (χ2n) is 6.84. The number of halogens is 3. The summed E-state index contributed by atoms with van der Waals surface area (Å²) in [5.41, 5.74) is 0.366. The topological polar surface area (TPSA) is 64.6 Å². The highest BCUT2D eigenvalue weighted by atomic mass is 79.9. The van der Waals surface area contributed by atoms with Gasteiger partial charge >= 0.3 is 7.60 Å². The van der Waals surface area contributed by atoms with Gasteiger partial charge in [0, 0.05) is 24.9 Å². The number of fused-ring (bicyclic) bond motifs is 1. The first kappa shape index (κ1) is 23.2. The van der Waals surface area contributed by atoms with Crippen LogP contribution in [0.5, 0.6) is 0 Å². The quantitative estimate of drug-likeness (QED) is 0.305. The molecule has 0 saturated carbocycles. The molecule has 10 heteroatoms. The van der Waals surface area contributed by atoms with Crippen molar-refractivity contribution in [2.45, 2.75) is 12.1 Å². The van der Waals surface area contributed by atoms with E-state index in [4.69, 9.17) is 20.6 Å². The maximum atomic E-state index is 13.6. The SMILES string of the molecule is O=C(N/C=C/c1cc(Br)cc(Br)c1)C(c1csc2ccc(Cl)cc12)P1(=O)OCCCO1. The summed E-state index contributed by atoms with van der Waals surface area (Å²) in [5.74, 6) is -0.463. The van der Waals surface area contributed by atoms with Crippen LogP contribution in [-0.4, -0.2) is 19.1 Å². The molecular formula is C21H17Br2ClNO4PS. The van der Waals surface area contributed by atoms with Gasteiger partial charge in [0.05, 0.1) is 13.2 Å². The van der Waals surface area contributed by atoms with E-state index in [2.05, 4.69) is 37.2 Å². The average molecular weight is 606 g/mol. The van der Waals surface area contributed by atoms with E-state index in [9.17, 15) is 9.36 Å². The molecule has 0 bridgehead atoms. The highest BCUT2D eigenvalue weighted by Gasteiger charge is 2.45. The van der Waals surface area contributed by atoms with Crippen LogP contribution >= 0.6 is 62.4 Å². The number of amides is 1. The molecule has 0 spiro atoms. The Morgan fingerprint density at radius 1 is 1.16 bits per heavy atom. The Hall–Kier alpha value is -0.990. The number of rotatable bonds is 5. The van der Waals surface area contributed by atoms with Crippen molar-refractivity contribution in [3.8, 4) is 0 Å². The normalized spacial score (nSPS) is 17.1. The molecule has 1 amide bonds. The Labute approximate surface area is 205 Å². The molecule has 3 aromatic rings. The average Bonchev–Trinajstić information content (AvgIpc) is 3.10. The largest absolute Gasteiger partial charge is 0.347 e. The van der Waals surface area contributed by atoms with E-state index in [1.165, 1.54) is 17.5 Å². The van der Waals surface area contributed by atoms with Crippen molar-refractivity contribution in [2.24, 2.45) is 0 Å². The zero-order chi connectivity index (χ0) is 22.0. The van der Waals surface area contributed by atoms with Gasteiger partial charge in [0.2, 0.25) is 5.91 Å².